The van der Waals surface area contributed by atoms with Gasteiger partial charge in [-0.15, -0.1) is 0 Å². The molecule has 0 aliphatic carbocycles. The molecule has 0 spiro atoms. The quantitative estimate of drug-likeness (QED) is 0.185. The Kier molecular flexibility index (Phi) is 11.1. The molecule has 2 unspecified atom stereocenters. The largest absolute Gasteiger partial charge is 0.463 e. The van der Waals surface area contributed by atoms with Crippen molar-refractivity contribution in [2.45, 2.75) is 33.0 Å². The summed E-state index contributed by atoms with van der Waals surface area (Å²) in [6, 6.07) is 22.7. The number of hydrogen-bond donors (Lipinski definition) is 0. The van der Waals surface area contributed by atoms with Crippen molar-refractivity contribution in [3.05, 3.63) is 118 Å². The van der Waals surface area contributed by atoms with Crippen molar-refractivity contribution in [1.82, 2.24) is 0 Å². The first-order valence-corrected chi connectivity index (χ1v) is 13.6. The van der Waals surface area contributed by atoms with Crippen LogP contribution in [-0.2, 0) is 41.8 Å². The van der Waals surface area contributed by atoms with E-state index in [9.17, 15) is 14.0 Å². The number of benzene rings is 3. The number of hydrogen-bond acceptors (Lipinski definition) is 7. The maximum absolute atomic E-state index is 15.2. The minimum Gasteiger partial charge on any atom is -0.463 e. The summed E-state index contributed by atoms with van der Waals surface area (Å²) in [6.07, 6.45) is 0. The lowest BCUT2D eigenvalue weighted by atomic mass is 9.75. The van der Waals surface area contributed by atoms with Crippen LogP contribution >= 0.6 is 0 Å². The van der Waals surface area contributed by atoms with Gasteiger partial charge in [0.15, 0.2) is 11.6 Å². The average molecular weight is 578 g/mol. The number of nitrogens with zero attached hydrogens (tertiary/aromatic N) is 1. The maximum Gasteiger partial charge on any atom is 0.336 e. The van der Waals surface area contributed by atoms with Gasteiger partial charge in [0.25, 0.3) is 0 Å². The van der Waals surface area contributed by atoms with Gasteiger partial charge in [0.1, 0.15) is 19.1 Å². The van der Waals surface area contributed by atoms with Gasteiger partial charge in [0, 0.05) is 17.3 Å². The summed E-state index contributed by atoms with van der Waals surface area (Å²) in [4.78, 5) is 31.1. The number of ether oxygens (including phenoxy) is 4. The van der Waals surface area contributed by atoms with Crippen LogP contribution in [0.3, 0.4) is 0 Å². The smallest absolute Gasteiger partial charge is 0.336 e. The van der Waals surface area contributed by atoms with Gasteiger partial charge < -0.3 is 18.9 Å². The van der Waals surface area contributed by atoms with Crippen LogP contribution in [0.5, 0.6) is 0 Å². The van der Waals surface area contributed by atoms with E-state index in [0.29, 0.717) is 18.9 Å². The van der Waals surface area contributed by atoms with Gasteiger partial charge >= 0.3 is 11.9 Å². The monoisotopic (exact) mass is 577 g/mol. The summed E-state index contributed by atoms with van der Waals surface area (Å²) < 4.78 is 51.6. The molecule has 9 heteroatoms. The Morgan fingerprint density at radius 2 is 1.31 bits per heavy atom. The van der Waals surface area contributed by atoms with Crippen LogP contribution in [0, 0.1) is 17.6 Å². The molecule has 3 aromatic carbocycles. The third kappa shape index (κ3) is 7.96. The SMILES string of the molecule is CC1=NC(C)=C(C(=O)OCCOCc2ccccc2)C(c2cccc(F)c2F)C1C(=O)OCCOCc1ccccc1. The Morgan fingerprint density at radius 3 is 1.90 bits per heavy atom. The van der Waals surface area contributed by atoms with Crippen molar-refractivity contribution >= 4 is 17.7 Å². The van der Waals surface area contributed by atoms with Crippen molar-refractivity contribution in [3.63, 3.8) is 0 Å². The van der Waals surface area contributed by atoms with Gasteiger partial charge in [0.2, 0.25) is 0 Å². The second-order valence-corrected chi connectivity index (χ2v) is 9.73. The molecule has 42 heavy (non-hydrogen) atoms. The molecule has 1 aliphatic heterocycles. The molecule has 0 N–H and O–H groups in total. The molecule has 4 rings (SSSR count). The minimum absolute atomic E-state index is 0.0459. The fourth-order valence-electron chi connectivity index (χ4n) is 4.79. The molecule has 0 saturated carbocycles. The normalized spacial score (nSPS) is 16.6. The van der Waals surface area contributed by atoms with Crippen LogP contribution in [0.1, 0.15) is 36.5 Å². The van der Waals surface area contributed by atoms with Gasteiger partial charge in [0.05, 0.1) is 32.0 Å². The van der Waals surface area contributed by atoms with Gasteiger partial charge in [-0.05, 0) is 36.6 Å². The number of esters is 2. The van der Waals surface area contributed by atoms with Crippen LogP contribution in [-0.4, -0.2) is 44.1 Å². The first-order valence-electron chi connectivity index (χ1n) is 13.6. The number of carbonyl (C=O) groups is 2. The lowest BCUT2D eigenvalue weighted by Crippen LogP contribution is -2.37. The third-order valence-corrected chi connectivity index (χ3v) is 6.77. The van der Waals surface area contributed by atoms with E-state index in [-0.39, 0.29) is 43.3 Å². The summed E-state index contributed by atoms with van der Waals surface area (Å²) in [6.45, 7) is 3.90. The van der Waals surface area contributed by atoms with Gasteiger partial charge in [-0.25, -0.2) is 13.6 Å². The van der Waals surface area contributed by atoms with Crippen molar-refractivity contribution in [2.24, 2.45) is 10.9 Å². The Hall–Kier alpha value is -4.21. The second-order valence-electron chi connectivity index (χ2n) is 9.73. The first-order chi connectivity index (χ1) is 20.4. The Balaban J connectivity index is 1.45. The highest BCUT2D eigenvalue weighted by atomic mass is 19.2. The van der Waals surface area contributed by atoms with Crippen molar-refractivity contribution < 1.29 is 37.3 Å². The highest BCUT2D eigenvalue weighted by molar-refractivity contribution is 6.07. The Labute approximate surface area is 243 Å². The summed E-state index contributed by atoms with van der Waals surface area (Å²) in [5, 5.41) is 0. The molecule has 2 atom stereocenters. The zero-order chi connectivity index (χ0) is 29.9. The molecule has 0 amide bonds. The molecule has 0 fully saturated rings. The fourth-order valence-corrected chi connectivity index (χ4v) is 4.79. The summed E-state index contributed by atoms with van der Waals surface area (Å²) in [5.74, 6) is -6.20. The van der Waals surface area contributed by atoms with E-state index in [0.717, 1.165) is 17.2 Å². The van der Waals surface area contributed by atoms with Crippen molar-refractivity contribution in [2.75, 3.05) is 26.4 Å². The summed E-state index contributed by atoms with van der Waals surface area (Å²) in [7, 11) is 0. The lowest BCUT2D eigenvalue weighted by molar-refractivity contribution is -0.148. The highest BCUT2D eigenvalue weighted by Crippen LogP contribution is 2.41. The number of rotatable bonds is 13. The van der Waals surface area contributed by atoms with E-state index in [1.165, 1.54) is 12.1 Å². The number of carbonyl (C=O) groups excluding carboxylic acids is 2. The Morgan fingerprint density at radius 1 is 0.738 bits per heavy atom. The molecule has 0 radical (unpaired) electrons. The van der Waals surface area contributed by atoms with E-state index in [1.807, 2.05) is 60.7 Å². The standard InChI is InChI=1S/C33H33F2NO6/c1-22-28(32(37)41-18-16-39-20-24-10-5-3-6-11-24)30(26-14-9-15-27(34)31(26)35)29(23(2)36-22)33(38)42-19-17-40-21-25-12-7-4-8-13-25/h3-15,28,30H,16-21H2,1-2H3. The predicted molar refractivity (Wildman–Crippen MR) is 153 cm³/mol. The summed E-state index contributed by atoms with van der Waals surface area (Å²) >= 11 is 0. The van der Waals surface area contributed by atoms with Gasteiger partial charge in [-0.1, -0.05) is 72.8 Å². The second kappa shape index (κ2) is 15.1. The topological polar surface area (TPSA) is 83.4 Å². The Bertz CT molecular complexity index is 1420. The van der Waals surface area contributed by atoms with Crippen LogP contribution in [0.4, 0.5) is 8.78 Å². The molecule has 0 saturated heterocycles. The minimum atomic E-state index is -1.21. The molecule has 0 aromatic heterocycles. The average Bonchev–Trinajstić information content (AvgIpc) is 2.98. The van der Waals surface area contributed by atoms with E-state index in [1.54, 1.807) is 13.8 Å². The molecule has 1 heterocycles. The van der Waals surface area contributed by atoms with E-state index in [2.05, 4.69) is 4.99 Å². The van der Waals surface area contributed by atoms with Crippen LogP contribution in [0.2, 0.25) is 0 Å². The predicted octanol–water partition coefficient (Wildman–Crippen LogP) is 5.93. The van der Waals surface area contributed by atoms with Crippen molar-refractivity contribution in [1.29, 1.82) is 0 Å². The fraction of sp³-hybridized carbons (Fsp3) is 0.303. The summed E-state index contributed by atoms with van der Waals surface area (Å²) in [5.41, 5.74) is 2.27. The molecule has 1 aliphatic rings. The van der Waals surface area contributed by atoms with Gasteiger partial charge in [-0.3, -0.25) is 9.79 Å². The van der Waals surface area contributed by atoms with E-state index in [4.69, 9.17) is 18.9 Å². The highest BCUT2D eigenvalue weighted by Gasteiger charge is 2.44. The zero-order valence-electron chi connectivity index (χ0n) is 23.6. The number of aliphatic imine (C=N–C) groups is 1. The molecule has 0 bridgehead atoms. The maximum atomic E-state index is 15.2. The molecular weight excluding hydrogens is 544 g/mol. The molecule has 7 nitrogen and oxygen atoms in total. The number of halogens is 2. The van der Waals surface area contributed by atoms with Gasteiger partial charge in [-0.2, -0.15) is 0 Å². The molecular formula is C33H33F2NO6. The van der Waals surface area contributed by atoms with E-state index < -0.39 is 35.4 Å². The molecule has 220 valence electrons. The van der Waals surface area contributed by atoms with Crippen LogP contribution in [0.25, 0.3) is 0 Å². The first kappa shape index (κ1) is 30.7. The lowest BCUT2D eigenvalue weighted by Gasteiger charge is -2.31. The van der Waals surface area contributed by atoms with Crippen LogP contribution < -0.4 is 0 Å². The number of allylic oxidation sites excluding steroid dienone is 1. The molecule has 3 aromatic rings. The van der Waals surface area contributed by atoms with Crippen LogP contribution in [0.15, 0.2) is 95.1 Å². The van der Waals surface area contributed by atoms with E-state index >= 15 is 4.39 Å². The zero-order valence-corrected chi connectivity index (χ0v) is 23.6. The third-order valence-electron chi connectivity index (χ3n) is 6.77. The van der Waals surface area contributed by atoms with Crippen molar-refractivity contribution in [3.8, 4) is 0 Å².